The summed E-state index contributed by atoms with van der Waals surface area (Å²) in [5, 5.41) is -0.436. The molecule has 0 aliphatic heterocycles. The zero-order valence-electron chi connectivity index (χ0n) is 10.2. The molecule has 0 N–H and O–H groups in total. The molecular weight excluding hydrogens is 328 g/mol. The molecule has 0 saturated carbocycles. The highest BCUT2D eigenvalue weighted by Gasteiger charge is 2.31. The van der Waals surface area contributed by atoms with Crippen molar-refractivity contribution < 1.29 is 22.7 Å². The van der Waals surface area contributed by atoms with E-state index in [1.165, 1.54) is 18.2 Å². The molecule has 2 aromatic rings. The minimum atomic E-state index is -4.76. The molecule has 0 spiro atoms. The van der Waals surface area contributed by atoms with Gasteiger partial charge >= 0.3 is 6.36 Å². The predicted octanol–water partition coefficient (Wildman–Crippen LogP) is 5.28. The first kappa shape index (κ1) is 15.7. The Labute approximate surface area is 128 Å². The average molecular weight is 335 g/mol. The van der Waals surface area contributed by atoms with Crippen LogP contribution in [0.2, 0.25) is 5.02 Å². The number of ether oxygens (including phenoxy) is 1. The van der Waals surface area contributed by atoms with Gasteiger partial charge in [-0.25, -0.2) is 0 Å². The molecule has 0 bridgehead atoms. The fraction of sp³-hybridized carbons (Fsp3) is 0.0714. The minimum absolute atomic E-state index is 0.175. The Kier molecular flexibility index (Phi) is 4.44. The Morgan fingerprint density at radius 1 is 1.05 bits per heavy atom. The monoisotopic (exact) mass is 334 g/mol. The van der Waals surface area contributed by atoms with Crippen molar-refractivity contribution in [3.8, 4) is 16.9 Å². The second kappa shape index (κ2) is 5.95. The summed E-state index contributed by atoms with van der Waals surface area (Å²) in [6.45, 7) is 0. The van der Waals surface area contributed by atoms with E-state index in [9.17, 15) is 18.0 Å². The van der Waals surface area contributed by atoms with Gasteiger partial charge in [-0.15, -0.1) is 13.2 Å². The zero-order valence-corrected chi connectivity index (χ0v) is 11.8. The Bertz CT molecular complexity index is 667. The Balaban J connectivity index is 2.42. The van der Waals surface area contributed by atoms with Crippen LogP contribution >= 0.6 is 23.2 Å². The molecule has 0 fully saturated rings. The Morgan fingerprint density at radius 2 is 1.67 bits per heavy atom. The van der Waals surface area contributed by atoms with Crippen LogP contribution in [-0.4, -0.2) is 11.6 Å². The fourth-order valence-corrected chi connectivity index (χ4v) is 2.25. The number of rotatable bonds is 3. The van der Waals surface area contributed by atoms with E-state index in [1.54, 1.807) is 12.1 Å². The van der Waals surface area contributed by atoms with Crippen LogP contribution in [0.25, 0.3) is 11.1 Å². The number of hydrogen-bond acceptors (Lipinski definition) is 2. The molecule has 2 nitrogen and oxygen atoms in total. The number of benzene rings is 2. The van der Waals surface area contributed by atoms with Crippen molar-refractivity contribution in [3.05, 3.63) is 53.1 Å². The number of halogens is 5. The van der Waals surface area contributed by atoms with Gasteiger partial charge in [-0.1, -0.05) is 29.8 Å². The average Bonchev–Trinajstić information content (AvgIpc) is 2.37. The van der Waals surface area contributed by atoms with Crippen molar-refractivity contribution in [1.82, 2.24) is 0 Å². The molecule has 21 heavy (non-hydrogen) atoms. The van der Waals surface area contributed by atoms with Gasteiger partial charge in [0.15, 0.2) is 0 Å². The highest BCUT2D eigenvalue weighted by molar-refractivity contribution is 6.68. The van der Waals surface area contributed by atoms with E-state index < -0.39 is 11.6 Å². The van der Waals surface area contributed by atoms with Gasteiger partial charge in [0.1, 0.15) is 5.75 Å². The molecule has 7 heteroatoms. The van der Waals surface area contributed by atoms with Crippen molar-refractivity contribution >= 4 is 28.4 Å². The van der Waals surface area contributed by atoms with E-state index >= 15 is 0 Å². The summed E-state index contributed by atoms with van der Waals surface area (Å²) < 4.78 is 40.1. The van der Waals surface area contributed by atoms with Gasteiger partial charge in [0.25, 0.3) is 5.24 Å². The van der Waals surface area contributed by atoms with Gasteiger partial charge < -0.3 is 4.74 Å². The number of hydrogen-bond donors (Lipinski definition) is 0. The SMILES string of the molecule is O=C(Cl)c1cccc(Cl)c1-c1ccc(OC(F)(F)F)cc1. The molecule has 0 aromatic heterocycles. The topological polar surface area (TPSA) is 26.3 Å². The summed E-state index contributed by atoms with van der Waals surface area (Å²) in [6.07, 6.45) is -4.76. The molecule has 2 aromatic carbocycles. The van der Waals surface area contributed by atoms with Gasteiger partial charge in [-0.2, -0.15) is 0 Å². The molecule has 110 valence electrons. The van der Waals surface area contributed by atoms with Crippen molar-refractivity contribution in [3.63, 3.8) is 0 Å². The first-order chi connectivity index (χ1) is 9.78. The summed E-state index contributed by atoms with van der Waals surface area (Å²) in [5.41, 5.74) is 0.991. The maximum atomic E-state index is 12.1. The molecular formula is C14H7Cl2F3O2. The predicted molar refractivity (Wildman–Crippen MR) is 73.8 cm³/mol. The third-order valence-electron chi connectivity index (χ3n) is 2.60. The highest BCUT2D eigenvalue weighted by Crippen LogP contribution is 2.34. The van der Waals surface area contributed by atoms with Crippen LogP contribution in [0.3, 0.4) is 0 Å². The van der Waals surface area contributed by atoms with Crippen molar-refractivity contribution in [2.45, 2.75) is 6.36 Å². The van der Waals surface area contributed by atoms with Crippen molar-refractivity contribution in [2.75, 3.05) is 0 Å². The largest absolute Gasteiger partial charge is 0.573 e. The maximum absolute atomic E-state index is 12.1. The lowest BCUT2D eigenvalue weighted by molar-refractivity contribution is -0.274. The lowest BCUT2D eigenvalue weighted by Gasteiger charge is -2.11. The third kappa shape index (κ3) is 3.89. The van der Waals surface area contributed by atoms with Gasteiger partial charge in [0.2, 0.25) is 0 Å². The number of carbonyl (C=O) groups is 1. The van der Waals surface area contributed by atoms with E-state index in [-0.39, 0.29) is 16.3 Å². The van der Waals surface area contributed by atoms with Crippen LogP contribution in [0.4, 0.5) is 13.2 Å². The Morgan fingerprint density at radius 3 is 2.19 bits per heavy atom. The summed E-state index contributed by atoms with van der Waals surface area (Å²) >= 11 is 11.5. The summed E-state index contributed by atoms with van der Waals surface area (Å²) in [4.78, 5) is 11.4. The van der Waals surface area contributed by atoms with E-state index in [2.05, 4.69) is 4.74 Å². The standard InChI is InChI=1S/C14H7Cl2F3O2/c15-11-3-1-2-10(13(16)20)12(11)8-4-6-9(7-5-8)21-14(17,18)19/h1-7H. The Hall–Kier alpha value is -1.72. The number of carbonyl (C=O) groups excluding carboxylic acids is 1. The normalized spacial score (nSPS) is 11.3. The van der Waals surface area contributed by atoms with E-state index in [4.69, 9.17) is 23.2 Å². The minimum Gasteiger partial charge on any atom is -0.406 e. The van der Waals surface area contributed by atoms with Gasteiger partial charge in [0, 0.05) is 16.1 Å². The fourth-order valence-electron chi connectivity index (χ4n) is 1.80. The number of alkyl halides is 3. The smallest absolute Gasteiger partial charge is 0.406 e. The van der Waals surface area contributed by atoms with E-state index in [0.717, 1.165) is 12.1 Å². The van der Waals surface area contributed by atoms with Gasteiger partial charge in [0.05, 0.1) is 0 Å². The van der Waals surface area contributed by atoms with Crippen LogP contribution in [0.5, 0.6) is 5.75 Å². The van der Waals surface area contributed by atoms with E-state index in [1.807, 2.05) is 0 Å². The van der Waals surface area contributed by atoms with Gasteiger partial charge in [-0.3, -0.25) is 4.79 Å². The summed E-state index contributed by atoms with van der Waals surface area (Å²) in [7, 11) is 0. The van der Waals surface area contributed by atoms with Crippen LogP contribution in [-0.2, 0) is 0 Å². The molecule has 0 aliphatic carbocycles. The first-order valence-corrected chi connectivity index (χ1v) is 6.38. The molecule has 2 rings (SSSR count). The lowest BCUT2D eigenvalue weighted by Crippen LogP contribution is -2.16. The lowest BCUT2D eigenvalue weighted by atomic mass is 10.00. The molecule has 0 amide bonds. The molecule has 0 saturated heterocycles. The van der Waals surface area contributed by atoms with Crippen LogP contribution in [0.1, 0.15) is 10.4 Å². The summed E-state index contributed by atoms with van der Waals surface area (Å²) in [6, 6.07) is 9.60. The molecule has 0 aliphatic rings. The van der Waals surface area contributed by atoms with Gasteiger partial charge in [-0.05, 0) is 41.4 Å². The first-order valence-electron chi connectivity index (χ1n) is 5.62. The van der Waals surface area contributed by atoms with Crippen molar-refractivity contribution in [1.29, 1.82) is 0 Å². The van der Waals surface area contributed by atoms with Crippen LogP contribution in [0.15, 0.2) is 42.5 Å². The summed E-state index contributed by atoms with van der Waals surface area (Å²) in [5.74, 6) is -0.364. The van der Waals surface area contributed by atoms with Crippen LogP contribution < -0.4 is 4.74 Å². The molecule has 0 heterocycles. The quantitative estimate of drug-likeness (QED) is 0.713. The molecule has 0 unspecified atom stereocenters. The van der Waals surface area contributed by atoms with Crippen LogP contribution in [0, 0.1) is 0 Å². The second-order valence-electron chi connectivity index (χ2n) is 4.01. The molecule has 0 radical (unpaired) electrons. The highest BCUT2D eigenvalue weighted by atomic mass is 35.5. The van der Waals surface area contributed by atoms with E-state index in [0.29, 0.717) is 11.1 Å². The maximum Gasteiger partial charge on any atom is 0.573 e. The zero-order chi connectivity index (χ0) is 15.6. The molecule has 0 atom stereocenters. The third-order valence-corrected chi connectivity index (χ3v) is 3.12. The second-order valence-corrected chi connectivity index (χ2v) is 4.76. The van der Waals surface area contributed by atoms with Crippen molar-refractivity contribution in [2.24, 2.45) is 0 Å².